The Balaban J connectivity index is 0.000000637. The van der Waals surface area contributed by atoms with Crippen molar-refractivity contribution in [2.24, 2.45) is 5.92 Å². The van der Waals surface area contributed by atoms with Crippen LogP contribution < -0.4 is 15.0 Å². The Morgan fingerprint density at radius 1 is 0.913 bits per heavy atom. The van der Waals surface area contributed by atoms with E-state index in [0.29, 0.717) is 66.3 Å². The van der Waals surface area contributed by atoms with Crippen molar-refractivity contribution in [2.75, 3.05) is 43.5 Å². The van der Waals surface area contributed by atoms with E-state index in [1.165, 1.54) is 19.1 Å². The zero-order valence-electron chi connectivity index (χ0n) is 25.5. The fraction of sp³-hybridized carbons (Fsp3) is 0.265. The van der Waals surface area contributed by atoms with Gasteiger partial charge in [-0.05, 0) is 80.5 Å². The van der Waals surface area contributed by atoms with Gasteiger partial charge in [-0.3, -0.25) is 14.4 Å². The van der Waals surface area contributed by atoms with Crippen LogP contribution in [0.4, 0.5) is 15.8 Å². The molecular formula is C34H36FN3O8. The number of amides is 2. The third-order valence-electron chi connectivity index (χ3n) is 7.14. The van der Waals surface area contributed by atoms with Gasteiger partial charge in [-0.1, -0.05) is 12.1 Å². The monoisotopic (exact) mass is 633 g/mol. The summed E-state index contributed by atoms with van der Waals surface area (Å²) in [5.74, 6) is -2.66. The summed E-state index contributed by atoms with van der Waals surface area (Å²) in [5.41, 5.74) is 2.27. The van der Waals surface area contributed by atoms with Gasteiger partial charge in [0.25, 0.3) is 5.91 Å². The van der Waals surface area contributed by atoms with Crippen LogP contribution in [0, 0.1) is 11.7 Å². The van der Waals surface area contributed by atoms with Crippen molar-refractivity contribution in [3.63, 3.8) is 0 Å². The number of carboxylic acids is 2. The molecule has 1 saturated heterocycles. The number of piperidine rings is 1. The molecule has 1 fully saturated rings. The first-order chi connectivity index (χ1) is 22.0. The Kier molecular flexibility index (Phi) is 13.1. The van der Waals surface area contributed by atoms with Crippen molar-refractivity contribution in [3.8, 4) is 5.75 Å². The van der Waals surface area contributed by atoms with Gasteiger partial charge in [0.2, 0.25) is 5.91 Å². The van der Waals surface area contributed by atoms with Gasteiger partial charge in [-0.2, -0.15) is 0 Å². The zero-order chi connectivity index (χ0) is 33.6. The number of likely N-dealkylation sites (tertiary alicyclic amines) is 1. The van der Waals surface area contributed by atoms with Crippen LogP contribution in [0.5, 0.6) is 5.75 Å². The molecule has 0 saturated carbocycles. The number of carbonyl (C=O) groups excluding carboxylic acids is 3. The number of halogens is 1. The highest BCUT2D eigenvalue weighted by atomic mass is 19.1. The van der Waals surface area contributed by atoms with Gasteiger partial charge < -0.3 is 30.1 Å². The predicted octanol–water partition coefficient (Wildman–Crippen LogP) is 4.75. The largest absolute Gasteiger partial charge is 0.497 e. The number of ketones is 1. The number of methoxy groups -OCH3 is 1. The van der Waals surface area contributed by atoms with Crippen molar-refractivity contribution < 1.29 is 43.3 Å². The molecule has 0 unspecified atom stereocenters. The molecule has 46 heavy (non-hydrogen) atoms. The third-order valence-corrected chi connectivity index (χ3v) is 7.14. The topological polar surface area (TPSA) is 154 Å². The number of rotatable bonds is 11. The molecule has 11 nitrogen and oxygen atoms in total. The summed E-state index contributed by atoms with van der Waals surface area (Å²) in [5, 5.41) is 18.3. The first kappa shape index (κ1) is 35.1. The number of nitrogens with zero attached hydrogens (tertiary/aromatic N) is 2. The molecule has 0 aliphatic carbocycles. The molecule has 1 heterocycles. The van der Waals surface area contributed by atoms with E-state index in [2.05, 4.69) is 10.2 Å². The molecule has 3 aromatic carbocycles. The third kappa shape index (κ3) is 11.0. The Labute approximate surface area is 265 Å². The SMILES string of the molecule is COc1cccc(N(CCN2CCC(C(=O)c3ccc(F)cc3)CC2)C(=O)c2cccc(NC(C)=O)c2)c1.O=C(O)C=CC(=O)O. The molecule has 242 valence electrons. The number of nitrogens with one attached hydrogen (secondary N) is 1. The van der Waals surface area contributed by atoms with Gasteiger partial charge >= 0.3 is 11.9 Å². The molecule has 3 N–H and O–H groups in total. The maximum Gasteiger partial charge on any atom is 0.328 e. The van der Waals surface area contributed by atoms with Gasteiger partial charge in [0.1, 0.15) is 11.6 Å². The fourth-order valence-electron chi connectivity index (χ4n) is 4.87. The second-order valence-corrected chi connectivity index (χ2v) is 10.4. The number of anilines is 2. The molecule has 12 heteroatoms. The number of benzene rings is 3. The van der Waals surface area contributed by atoms with Gasteiger partial charge in [-0.25, -0.2) is 14.0 Å². The average molecular weight is 634 g/mol. The highest BCUT2D eigenvalue weighted by Gasteiger charge is 2.27. The van der Waals surface area contributed by atoms with Crippen LogP contribution in [0.3, 0.4) is 0 Å². The lowest BCUT2D eigenvalue weighted by atomic mass is 9.89. The maximum absolute atomic E-state index is 13.7. The minimum atomic E-state index is -1.26. The lowest BCUT2D eigenvalue weighted by molar-refractivity contribution is -0.134. The van der Waals surface area contributed by atoms with Gasteiger partial charge in [-0.15, -0.1) is 0 Å². The predicted molar refractivity (Wildman–Crippen MR) is 170 cm³/mol. The average Bonchev–Trinajstić information content (AvgIpc) is 3.04. The number of ether oxygens (including phenoxy) is 1. The van der Waals surface area contributed by atoms with Crippen molar-refractivity contribution >= 4 is 40.9 Å². The molecule has 0 spiro atoms. The van der Waals surface area contributed by atoms with E-state index >= 15 is 0 Å². The number of hydrogen-bond acceptors (Lipinski definition) is 7. The van der Waals surface area contributed by atoms with Crippen LogP contribution in [0.25, 0.3) is 0 Å². The lowest BCUT2D eigenvalue weighted by Crippen LogP contribution is -2.43. The van der Waals surface area contributed by atoms with Crippen molar-refractivity contribution in [1.29, 1.82) is 0 Å². The fourth-order valence-corrected chi connectivity index (χ4v) is 4.87. The second-order valence-electron chi connectivity index (χ2n) is 10.4. The molecule has 2 amide bonds. The number of carbonyl (C=O) groups is 5. The smallest absolute Gasteiger partial charge is 0.328 e. The van der Waals surface area contributed by atoms with E-state index in [0.717, 1.165) is 13.1 Å². The molecule has 0 radical (unpaired) electrons. The first-order valence-corrected chi connectivity index (χ1v) is 14.5. The van der Waals surface area contributed by atoms with E-state index in [1.807, 2.05) is 24.3 Å². The van der Waals surface area contributed by atoms with Gasteiger partial charge in [0.05, 0.1) is 7.11 Å². The summed E-state index contributed by atoms with van der Waals surface area (Å²) in [6.07, 6.45) is 2.54. The Bertz CT molecular complexity index is 1550. The van der Waals surface area contributed by atoms with Crippen molar-refractivity contribution in [1.82, 2.24) is 4.90 Å². The Morgan fingerprint density at radius 3 is 2.13 bits per heavy atom. The quantitative estimate of drug-likeness (QED) is 0.201. The number of carboxylic acid groups (broad SMARTS) is 2. The summed E-state index contributed by atoms with van der Waals surface area (Å²) in [6.45, 7) is 3.96. The highest BCUT2D eigenvalue weighted by Crippen LogP contribution is 2.25. The van der Waals surface area contributed by atoms with Crippen LogP contribution in [0.2, 0.25) is 0 Å². The van der Waals surface area contributed by atoms with Gasteiger partial charge in [0.15, 0.2) is 5.78 Å². The zero-order valence-corrected chi connectivity index (χ0v) is 25.5. The van der Waals surface area contributed by atoms with E-state index in [9.17, 15) is 28.4 Å². The first-order valence-electron chi connectivity index (χ1n) is 14.5. The summed E-state index contributed by atoms with van der Waals surface area (Å²) >= 11 is 0. The van der Waals surface area contributed by atoms with Crippen LogP contribution in [-0.4, -0.2) is 77.9 Å². The second kappa shape index (κ2) is 17.2. The minimum absolute atomic E-state index is 0.0527. The minimum Gasteiger partial charge on any atom is -0.497 e. The summed E-state index contributed by atoms with van der Waals surface area (Å²) in [7, 11) is 1.58. The van der Waals surface area contributed by atoms with E-state index in [1.54, 1.807) is 48.4 Å². The molecule has 0 atom stereocenters. The summed E-state index contributed by atoms with van der Waals surface area (Å²) in [6, 6.07) is 20.0. The number of hydrogen-bond donors (Lipinski definition) is 3. The Morgan fingerprint density at radius 2 is 1.54 bits per heavy atom. The van der Waals surface area contributed by atoms with Gasteiger partial charge in [0, 0.05) is 66.7 Å². The van der Waals surface area contributed by atoms with Crippen LogP contribution in [0.15, 0.2) is 84.9 Å². The maximum atomic E-state index is 13.7. The van der Waals surface area contributed by atoms with Crippen molar-refractivity contribution in [3.05, 3.63) is 102 Å². The van der Waals surface area contributed by atoms with E-state index in [4.69, 9.17) is 14.9 Å². The Hall–Kier alpha value is -5.36. The van der Waals surface area contributed by atoms with Crippen molar-refractivity contribution in [2.45, 2.75) is 19.8 Å². The van der Waals surface area contributed by atoms with E-state index in [-0.39, 0.29) is 29.3 Å². The molecule has 0 bridgehead atoms. The van der Waals surface area contributed by atoms with E-state index < -0.39 is 11.9 Å². The van der Waals surface area contributed by atoms with Crippen LogP contribution in [0.1, 0.15) is 40.5 Å². The molecule has 4 rings (SSSR count). The number of aliphatic carboxylic acids is 2. The highest BCUT2D eigenvalue weighted by molar-refractivity contribution is 6.07. The molecule has 1 aliphatic heterocycles. The normalized spacial score (nSPS) is 13.3. The van der Waals surface area contributed by atoms with Crippen LogP contribution >= 0.6 is 0 Å². The molecule has 1 aliphatic rings. The van der Waals surface area contributed by atoms with Crippen LogP contribution in [-0.2, 0) is 14.4 Å². The number of Topliss-reactive ketones (excluding diaryl/α,β-unsaturated/α-hetero) is 1. The summed E-state index contributed by atoms with van der Waals surface area (Å²) in [4.78, 5) is 61.1. The molecule has 3 aromatic rings. The summed E-state index contributed by atoms with van der Waals surface area (Å²) < 4.78 is 18.6. The molecule has 0 aromatic heterocycles. The standard InChI is InChI=1S/C30H32FN3O4.C4H4O4/c1-21(35)32-26-6-3-5-24(19-26)30(37)34(27-7-4-8-28(20-27)38-2)18-17-33-15-13-23(14-16-33)29(36)22-9-11-25(31)12-10-22;5-3(6)1-2-4(7)8/h3-12,19-20,23H,13-18H2,1-2H3,(H,32,35);1-2H,(H,5,6)(H,7,8). The lowest BCUT2D eigenvalue weighted by Gasteiger charge is -2.33. The molecular weight excluding hydrogens is 597 g/mol.